The lowest BCUT2D eigenvalue weighted by atomic mass is 9.83. The van der Waals surface area contributed by atoms with E-state index in [9.17, 15) is 4.79 Å². The maximum Gasteiger partial charge on any atom is 0.266 e. The van der Waals surface area contributed by atoms with Crippen LogP contribution in [-0.4, -0.2) is 53.0 Å². The second kappa shape index (κ2) is 6.01. The van der Waals surface area contributed by atoms with Gasteiger partial charge in [0.15, 0.2) is 5.60 Å². The molecule has 0 aromatic heterocycles. The largest absolute Gasteiger partial charge is 0.477 e. The molecule has 0 spiro atoms. The minimum absolute atomic E-state index is 0.235. The van der Waals surface area contributed by atoms with Crippen LogP contribution in [0.15, 0.2) is 30.3 Å². The van der Waals surface area contributed by atoms with Crippen molar-refractivity contribution in [3.05, 3.63) is 30.3 Å². The number of carbonyl (C=O) groups excluding carboxylic acids is 1. The van der Waals surface area contributed by atoms with Crippen molar-refractivity contribution in [2.24, 2.45) is 5.92 Å². The molecule has 2 heterocycles. The maximum atomic E-state index is 13.2. The molecule has 4 heteroatoms. The van der Waals surface area contributed by atoms with E-state index in [1.165, 1.54) is 32.2 Å². The van der Waals surface area contributed by atoms with Crippen molar-refractivity contribution >= 4 is 5.91 Å². The van der Waals surface area contributed by atoms with Gasteiger partial charge in [0.2, 0.25) is 0 Å². The Bertz CT molecular complexity index is 639. The molecule has 1 amide bonds. The number of para-hydroxylation sites is 1. The van der Waals surface area contributed by atoms with Crippen molar-refractivity contribution in [3.8, 4) is 5.75 Å². The van der Waals surface area contributed by atoms with Gasteiger partial charge in [-0.25, -0.2) is 0 Å². The van der Waals surface area contributed by atoms with Gasteiger partial charge in [0.05, 0.1) is 0 Å². The van der Waals surface area contributed by atoms with Crippen LogP contribution in [0.25, 0.3) is 0 Å². The molecule has 4 aliphatic rings. The van der Waals surface area contributed by atoms with E-state index in [2.05, 4.69) is 9.80 Å². The smallest absolute Gasteiger partial charge is 0.266 e. The minimum Gasteiger partial charge on any atom is -0.477 e. The zero-order valence-electron chi connectivity index (χ0n) is 14.9. The Kier molecular flexibility index (Phi) is 3.77. The highest BCUT2D eigenvalue weighted by Crippen LogP contribution is 2.44. The summed E-state index contributed by atoms with van der Waals surface area (Å²) in [5.74, 6) is 1.72. The molecule has 2 aliphatic heterocycles. The van der Waals surface area contributed by atoms with Crippen molar-refractivity contribution in [2.75, 3.05) is 19.6 Å². The van der Waals surface area contributed by atoms with Crippen LogP contribution in [0.2, 0.25) is 0 Å². The fourth-order valence-electron chi connectivity index (χ4n) is 4.96. The van der Waals surface area contributed by atoms with Gasteiger partial charge in [-0.05, 0) is 56.7 Å². The van der Waals surface area contributed by atoms with Crippen LogP contribution in [0.3, 0.4) is 0 Å². The predicted octanol–water partition coefficient (Wildman–Crippen LogP) is 3.07. The fourth-order valence-corrected chi connectivity index (χ4v) is 4.96. The Hall–Kier alpha value is -1.55. The first-order chi connectivity index (χ1) is 12.3. The van der Waals surface area contributed by atoms with E-state index >= 15 is 0 Å². The van der Waals surface area contributed by atoms with Crippen LogP contribution in [0.1, 0.15) is 44.9 Å². The van der Waals surface area contributed by atoms with Gasteiger partial charge < -0.3 is 9.64 Å². The normalized spacial score (nSPS) is 31.3. The van der Waals surface area contributed by atoms with Crippen molar-refractivity contribution in [1.29, 1.82) is 0 Å². The molecular weight excluding hydrogens is 312 g/mol. The van der Waals surface area contributed by atoms with Crippen LogP contribution in [0.4, 0.5) is 0 Å². The third-order valence-corrected chi connectivity index (χ3v) is 6.56. The molecule has 134 valence electrons. The number of likely N-dealkylation sites (tertiary alicyclic amines) is 2. The van der Waals surface area contributed by atoms with Crippen molar-refractivity contribution in [2.45, 2.75) is 62.6 Å². The Labute approximate surface area is 150 Å². The molecule has 1 aromatic carbocycles. The molecule has 2 aliphatic carbocycles. The average Bonchev–Trinajstić information content (AvgIpc) is 3.56. The first kappa shape index (κ1) is 15.7. The zero-order valence-corrected chi connectivity index (χ0v) is 14.9. The molecular formula is C21H28N2O2. The Balaban J connectivity index is 1.26. The van der Waals surface area contributed by atoms with Gasteiger partial charge >= 0.3 is 0 Å². The zero-order chi connectivity index (χ0) is 16.9. The van der Waals surface area contributed by atoms with Crippen molar-refractivity contribution in [1.82, 2.24) is 9.80 Å². The summed E-state index contributed by atoms with van der Waals surface area (Å²) >= 11 is 0. The lowest BCUT2D eigenvalue weighted by Crippen LogP contribution is -2.57. The molecule has 0 radical (unpaired) electrons. The number of carbonyl (C=O) groups is 1. The van der Waals surface area contributed by atoms with Crippen molar-refractivity contribution < 1.29 is 9.53 Å². The van der Waals surface area contributed by atoms with Gasteiger partial charge in [0.25, 0.3) is 5.91 Å². The summed E-state index contributed by atoms with van der Waals surface area (Å²) in [4.78, 5) is 18.1. The van der Waals surface area contributed by atoms with Crippen LogP contribution < -0.4 is 4.74 Å². The number of hydrogen-bond acceptors (Lipinski definition) is 3. The van der Waals surface area contributed by atoms with E-state index in [1.807, 2.05) is 30.3 Å². The van der Waals surface area contributed by atoms with Crippen LogP contribution >= 0.6 is 0 Å². The van der Waals surface area contributed by atoms with E-state index in [1.54, 1.807) is 0 Å². The quantitative estimate of drug-likeness (QED) is 0.844. The summed E-state index contributed by atoms with van der Waals surface area (Å²) in [5.41, 5.74) is -0.570. The summed E-state index contributed by atoms with van der Waals surface area (Å²) in [6, 6.07) is 11.4. The second-order valence-corrected chi connectivity index (χ2v) is 8.39. The van der Waals surface area contributed by atoms with Gasteiger partial charge in [-0.3, -0.25) is 9.69 Å². The molecule has 2 unspecified atom stereocenters. The monoisotopic (exact) mass is 340 g/mol. The Morgan fingerprint density at radius 2 is 1.84 bits per heavy atom. The summed E-state index contributed by atoms with van der Waals surface area (Å²) in [6.07, 6.45) is 8.22. The third kappa shape index (κ3) is 2.95. The fraction of sp³-hybridized carbons (Fsp3) is 0.667. The van der Waals surface area contributed by atoms with E-state index in [4.69, 9.17) is 4.74 Å². The number of rotatable bonds is 4. The molecule has 2 saturated heterocycles. The third-order valence-electron chi connectivity index (χ3n) is 6.56. The highest BCUT2D eigenvalue weighted by Gasteiger charge is 2.56. The Morgan fingerprint density at radius 1 is 1.04 bits per heavy atom. The second-order valence-electron chi connectivity index (χ2n) is 8.39. The van der Waals surface area contributed by atoms with E-state index in [-0.39, 0.29) is 5.91 Å². The summed E-state index contributed by atoms with van der Waals surface area (Å²) in [5, 5.41) is 0. The first-order valence-corrected chi connectivity index (χ1v) is 10.0. The molecule has 5 rings (SSSR count). The van der Waals surface area contributed by atoms with Gasteiger partial charge in [-0.1, -0.05) is 18.2 Å². The SMILES string of the molecule is O=C(N1CCC2C(CCCN2C2CC2)C1)C1(Oc2ccccc2)CC1. The van der Waals surface area contributed by atoms with Crippen LogP contribution in [0, 0.1) is 5.92 Å². The summed E-state index contributed by atoms with van der Waals surface area (Å²) in [7, 11) is 0. The number of nitrogens with zero attached hydrogens (tertiary/aromatic N) is 2. The molecule has 4 nitrogen and oxygen atoms in total. The van der Waals surface area contributed by atoms with Gasteiger partial charge in [-0.2, -0.15) is 0 Å². The van der Waals surface area contributed by atoms with E-state index in [0.717, 1.165) is 50.2 Å². The number of ether oxygens (including phenoxy) is 1. The first-order valence-electron chi connectivity index (χ1n) is 10.0. The van der Waals surface area contributed by atoms with E-state index in [0.29, 0.717) is 5.92 Å². The number of piperidine rings is 2. The minimum atomic E-state index is -0.570. The van der Waals surface area contributed by atoms with Crippen molar-refractivity contribution in [3.63, 3.8) is 0 Å². The molecule has 2 saturated carbocycles. The Morgan fingerprint density at radius 3 is 2.56 bits per heavy atom. The number of benzene rings is 1. The van der Waals surface area contributed by atoms with E-state index < -0.39 is 5.60 Å². The molecule has 0 bridgehead atoms. The number of amides is 1. The lowest BCUT2D eigenvalue weighted by molar-refractivity contribution is -0.144. The molecule has 25 heavy (non-hydrogen) atoms. The molecule has 0 N–H and O–H groups in total. The van der Waals surface area contributed by atoms with Gasteiger partial charge in [-0.15, -0.1) is 0 Å². The standard InChI is InChI=1S/C21H28N2O2/c24-20(21(11-12-21)25-18-6-2-1-3-7-18)22-14-10-19-16(15-22)5-4-13-23(19)17-8-9-17/h1-3,6-7,16-17,19H,4-5,8-15H2. The van der Waals surface area contributed by atoms with Gasteiger partial charge in [0.1, 0.15) is 5.75 Å². The number of fused-ring (bicyclic) bond motifs is 1. The predicted molar refractivity (Wildman–Crippen MR) is 96.5 cm³/mol. The highest BCUT2D eigenvalue weighted by molar-refractivity contribution is 5.88. The number of hydrogen-bond donors (Lipinski definition) is 0. The highest BCUT2D eigenvalue weighted by atomic mass is 16.5. The van der Waals surface area contributed by atoms with Gasteiger partial charge in [0, 0.05) is 38.0 Å². The molecule has 2 atom stereocenters. The maximum absolute atomic E-state index is 13.2. The molecule has 4 fully saturated rings. The van der Waals surface area contributed by atoms with Crippen LogP contribution in [-0.2, 0) is 4.79 Å². The summed E-state index contributed by atoms with van der Waals surface area (Å²) in [6.45, 7) is 3.12. The lowest BCUT2D eigenvalue weighted by Gasteiger charge is -2.48. The summed E-state index contributed by atoms with van der Waals surface area (Å²) < 4.78 is 6.13. The average molecular weight is 340 g/mol. The molecule has 1 aromatic rings. The topological polar surface area (TPSA) is 32.8 Å². The van der Waals surface area contributed by atoms with Crippen LogP contribution in [0.5, 0.6) is 5.75 Å².